The third-order valence-corrected chi connectivity index (χ3v) is 2.70. The van der Waals surface area contributed by atoms with Gasteiger partial charge < -0.3 is 15.4 Å². The van der Waals surface area contributed by atoms with Crippen LogP contribution in [0.1, 0.15) is 12.8 Å². The first-order chi connectivity index (χ1) is 7.79. The second-order valence-electron chi connectivity index (χ2n) is 3.72. The second-order valence-corrected chi connectivity index (χ2v) is 4.10. The lowest BCUT2D eigenvalue weighted by molar-refractivity contribution is 0.167. The van der Waals surface area contributed by atoms with Gasteiger partial charge in [-0.2, -0.15) is 0 Å². The van der Waals surface area contributed by atoms with Gasteiger partial charge in [0.15, 0.2) is 16.7 Å². The van der Waals surface area contributed by atoms with Crippen LogP contribution in [0.15, 0.2) is 6.07 Å². The number of halogens is 1. The van der Waals surface area contributed by atoms with Gasteiger partial charge in [-0.25, -0.2) is 0 Å². The predicted octanol–water partition coefficient (Wildman–Crippen LogP) is 1.30. The first-order valence-corrected chi connectivity index (χ1v) is 5.75. The summed E-state index contributed by atoms with van der Waals surface area (Å²) in [5.74, 6) is 1.28. The van der Waals surface area contributed by atoms with Crippen molar-refractivity contribution in [3.8, 4) is 5.75 Å². The molecule has 0 amide bonds. The van der Waals surface area contributed by atoms with Crippen LogP contribution in [0.25, 0.3) is 0 Å². The molecule has 6 heteroatoms. The van der Waals surface area contributed by atoms with Gasteiger partial charge in [0.2, 0.25) is 0 Å². The lowest BCUT2D eigenvalue weighted by Crippen LogP contribution is -2.37. The van der Waals surface area contributed by atoms with Gasteiger partial charge in [0.1, 0.15) is 6.10 Å². The standard InChI is InChI=1S/C10H15ClN4O/c1-12-10-8(5-9(11)14-15-10)16-7-3-2-4-13-6-7/h5,7,13H,2-4,6H2,1H3,(H,12,15). The molecule has 1 aliphatic heterocycles. The van der Waals surface area contributed by atoms with Gasteiger partial charge in [-0.1, -0.05) is 11.6 Å². The first-order valence-electron chi connectivity index (χ1n) is 5.38. The van der Waals surface area contributed by atoms with E-state index in [0.717, 1.165) is 25.9 Å². The lowest BCUT2D eigenvalue weighted by Gasteiger charge is -2.24. The summed E-state index contributed by atoms with van der Waals surface area (Å²) in [6.45, 7) is 1.93. The average molecular weight is 243 g/mol. The van der Waals surface area contributed by atoms with Crippen molar-refractivity contribution in [3.05, 3.63) is 11.2 Å². The number of nitrogens with one attached hydrogen (secondary N) is 2. The summed E-state index contributed by atoms with van der Waals surface area (Å²) in [6.07, 6.45) is 2.36. The fraction of sp³-hybridized carbons (Fsp3) is 0.600. The van der Waals surface area contributed by atoms with E-state index in [9.17, 15) is 0 Å². The van der Waals surface area contributed by atoms with Crippen LogP contribution in [-0.4, -0.2) is 36.4 Å². The molecular formula is C10H15ClN4O. The Labute approximate surface area is 99.5 Å². The summed E-state index contributed by atoms with van der Waals surface area (Å²) in [7, 11) is 1.78. The summed E-state index contributed by atoms with van der Waals surface area (Å²) in [5.41, 5.74) is 0. The van der Waals surface area contributed by atoms with E-state index in [-0.39, 0.29) is 6.10 Å². The highest BCUT2D eigenvalue weighted by Gasteiger charge is 2.17. The van der Waals surface area contributed by atoms with Crippen LogP contribution in [0.2, 0.25) is 5.15 Å². The number of nitrogens with zero attached hydrogens (tertiary/aromatic N) is 2. The van der Waals surface area contributed by atoms with Crippen molar-refractivity contribution in [2.24, 2.45) is 0 Å². The highest BCUT2D eigenvalue weighted by molar-refractivity contribution is 6.29. The molecule has 1 atom stereocenters. The maximum absolute atomic E-state index is 5.85. The summed E-state index contributed by atoms with van der Waals surface area (Å²) in [5, 5.41) is 14.3. The molecule has 16 heavy (non-hydrogen) atoms. The Bertz CT molecular complexity index is 355. The Morgan fingerprint density at radius 1 is 1.56 bits per heavy atom. The van der Waals surface area contributed by atoms with Crippen molar-refractivity contribution in [2.45, 2.75) is 18.9 Å². The highest BCUT2D eigenvalue weighted by Crippen LogP contribution is 2.25. The van der Waals surface area contributed by atoms with Crippen molar-refractivity contribution in [3.63, 3.8) is 0 Å². The van der Waals surface area contributed by atoms with Gasteiger partial charge in [0.05, 0.1) is 0 Å². The van der Waals surface area contributed by atoms with E-state index in [1.165, 1.54) is 0 Å². The van der Waals surface area contributed by atoms with Crippen molar-refractivity contribution in [1.82, 2.24) is 15.5 Å². The van der Waals surface area contributed by atoms with Crippen LogP contribution >= 0.6 is 11.6 Å². The van der Waals surface area contributed by atoms with E-state index in [1.807, 2.05) is 0 Å². The molecule has 0 saturated carbocycles. The summed E-state index contributed by atoms with van der Waals surface area (Å²) < 4.78 is 5.85. The summed E-state index contributed by atoms with van der Waals surface area (Å²) in [4.78, 5) is 0. The number of piperidine rings is 1. The largest absolute Gasteiger partial charge is 0.485 e. The van der Waals surface area contributed by atoms with E-state index < -0.39 is 0 Å². The van der Waals surface area contributed by atoms with Crippen LogP contribution in [-0.2, 0) is 0 Å². The molecule has 5 nitrogen and oxygen atoms in total. The van der Waals surface area contributed by atoms with Crippen LogP contribution in [0, 0.1) is 0 Å². The van der Waals surface area contributed by atoms with Crippen LogP contribution in [0.4, 0.5) is 5.82 Å². The van der Waals surface area contributed by atoms with Crippen molar-refractivity contribution < 1.29 is 4.74 Å². The Morgan fingerprint density at radius 2 is 2.44 bits per heavy atom. The molecule has 1 aromatic rings. The molecule has 0 aromatic carbocycles. The number of hydrogen-bond donors (Lipinski definition) is 2. The average Bonchev–Trinajstić information content (AvgIpc) is 2.31. The number of hydrogen-bond acceptors (Lipinski definition) is 5. The van der Waals surface area contributed by atoms with E-state index >= 15 is 0 Å². The fourth-order valence-electron chi connectivity index (χ4n) is 1.72. The summed E-state index contributed by atoms with van der Waals surface area (Å²) in [6, 6.07) is 1.69. The Kier molecular flexibility index (Phi) is 3.79. The van der Waals surface area contributed by atoms with Crippen molar-refractivity contribution in [2.75, 3.05) is 25.5 Å². The van der Waals surface area contributed by atoms with Gasteiger partial charge in [0.25, 0.3) is 0 Å². The predicted molar refractivity (Wildman–Crippen MR) is 63.1 cm³/mol. The molecule has 0 spiro atoms. The van der Waals surface area contributed by atoms with Gasteiger partial charge >= 0.3 is 0 Å². The van der Waals surface area contributed by atoms with Crippen LogP contribution < -0.4 is 15.4 Å². The second kappa shape index (κ2) is 5.32. The van der Waals surface area contributed by atoms with E-state index in [2.05, 4.69) is 20.8 Å². The topological polar surface area (TPSA) is 59.1 Å². The maximum atomic E-state index is 5.85. The van der Waals surface area contributed by atoms with Gasteiger partial charge in [0, 0.05) is 19.7 Å². The molecule has 88 valence electrons. The molecule has 1 unspecified atom stereocenters. The summed E-state index contributed by atoms with van der Waals surface area (Å²) >= 11 is 5.79. The maximum Gasteiger partial charge on any atom is 0.191 e. The number of aromatic nitrogens is 2. The normalized spacial score (nSPS) is 20.5. The quantitative estimate of drug-likeness (QED) is 0.837. The Hall–Kier alpha value is -1.07. The zero-order chi connectivity index (χ0) is 11.4. The van der Waals surface area contributed by atoms with E-state index in [4.69, 9.17) is 16.3 Å². The minimum Gasteiger partial charge on any atom is -0.485 e. The third-order valence-electron chi connectivity index (χ3n) is 2.51. The number of rotatable bonds is 3. The minimum atomic E-state index is 0.182. The Balaban J connectivity index is 2.09. The molecule has 0 radical (unpaired) electrons. The van der Waals surface area contributed by atoms with Crippen LogP contribution in [0.3, 0.4) is 0 Å². The number of ether oxygens (including phenoxy) is 1. The molecule has 2 heterocycles. The first kappa shape index (κ1) is 11.4. The third kappa shape index (κ3) is 2.74. The van der Waals surface area contributed by atoms with E-state index in [0.29, 0.717) is 16.7 Å². The molecular weight excluding hydrogens is 228 g/mol. The minimum absolute atomic E-state index is 0.182. The lowest BCUT2D eigenvalue weighted by atomic mass is 10.1. The van der Waals surface area contributed by atoms with Gasteiger partial charge in [-0.3, -0.25) is 0 Å². The van der Waals surface area contributed by atoms with Gasteiger partial charge in [-0.05, 0) is 19.4 Å². The highest BCUT2D eigenvalue weighted by atomic mass is 35.5. The zero-order valence-corrected chi connectivity index (χ0v) is 9.92. The van der Waals surface area contributed by atoms with E-state index in [1.54, 1.807) is 13.1 Å². The smallest absolute Gasteiger partial charge is 0.191 e. The zero-order valence-electron chi connectivity index (χ0n) is 9.16. The molecule has 1 aliphatic rings. The van der Waals surface area contributed by atoms with Crippen LogP contribution in [0.5, 0.6) is 5.75 Å². The van der Waals surface area contributed by atoms with Gasteiger partial charge in [-0.15, -0.1) is 10.2 Å². The van der Waals surface area contributed by atoms with Crippen molar-refractivity contribution in [1.29, 1.82) is 0 Å². The molecule has 1 saturated heterocycles. The molecule has 2 N–H and O–H groups in total. The van der Waals surface area contributed by atoms with Crippen molar-refractivity contribution >= 4 is 17.4 Å². The number of anilines is 1. The monoisotopic (exact) mass is 242 g/mol. The fourth-order valence-corrected chi connectivity index (χ4v) is 1.85. The molecule has 1 aromatic heterocycles. The molecule has 0 bridgehead atoms. The molecule has 0 aliphatic carbocycles. The molecule has 2 rings (SSSR count). The Morgan fingerprint density at radius 3 is 3.12 bits per heavy atom. The SMILES string of the molecule is CNc1nnc(Cl)cc1OC1CCCNC1. The molecule has 1 fully saturated rings.